The van der Waals surface area contributed by atoms with Gasteiger partial charge in [-0.3, -0.25) is 19.2 Å². The molecule has 156 valence electrons. The summed E-state index contributed by atoms with van der Waals surface area (Å²) in [5.41, 5.74) is 1.47. The molecule has 0 bridgehead atoms. The number of nitrogens with zero attached hydrogens (tertiary/aromatic N) is 5. The highest BCUT2D eigenvalue weighted by atomic mass is 16.5. The summed E-state index contributed by atoms with van der Waals surface area (Å²) in [6.45, 7) is 4.86. The maximum Gasteiger partial charge on any atom is 0.275 e. The third-order valence-electron chi connectivity index (χ3n) is 6.05. The first-order valence-corrected chi connectivity index (χ1v) is 10.3. The molecule has 29 heavy (non-hydrogen) atoms. The predicted molar refractivity (Wildman–Crippen MR) is 110 cm³/mol. The van der Waals surface area contributed by atoms with E-state index in [-0.39, 0.29) is 17.9 Å². The molecule has 0 radical (unpaired) electrons. The van der Waals surface area contributed by atoms with Crippen molar-refractivity contribution in [2.24, 2.45) is 7.05 Å². The van der Waals surface area contributed by atoms with Crippen molar-refractivity contribution in [3.8, 4) is 0 Å². The quantitative estimate of drug-likeness (QED) is 0.749. The lowest BCUT2D eigenvalue weighted by molar-refractivity contribution is -0.132. The van der Waals surface area contributed by atoms with E-state index in [1.54, 1.807) is 11.8 Å². The van der Waals surface area contributed by atoms with E-state index in [2.05, 4.69) is 10.00 Å². The van der Waals surface area contributed by atoms with Crippen LogP contribution in [0.25, 0.3) is 10.9 Å². The molecule has 4 rings (SSSR count). The van der Waals surface area contributed by atoms with Gasteiger partial charge in [0.2, 0.25) is 5.91 Å². The van der Waals surface area contributed by atoms with E-state index >= 15 is 0 Å². The monoisotopic (exact) mass is 399 g/mol. The van der Waals surface area contributed by atoms with Gasteiger partial charge in [0, 0.05) is 58.8 Å². The zero-order valence-corrected chi connectivity index (χ0v) is 17.2. The lowest BCUT2D eigenvalue weighted by Gasteiger charge is -2.26. The first kappa shape index (κ1) is 19.8. The zero-order chi connectivity index (χ0) is 20.4. The molecule has 8 nitrogen and oxygen atoms in total. The highest BCUT2D eigenvalue weighted by Crippen LogP contribution is 2.22. The normalized spacial score (nSPS) is 21.2. The van der Waals surface area contributed by atoms with Gasteiger partial charge in [0.1, 0.15) is 0 Å². The van der Waals surface area contributed by atoms with Crippen molar-refractivity contribution in [2.45, 2.75) is 18.9 Å². The Kier molecular flexibility index (Phi) is 5.82. The molecule has 3 heterocycles. The van der Waals surface area contributed by atoms with Gasteiger partial charge in [-0.2, -0.15) is 5.10 Å². The van der Waals surface area contributed by atoms with Crippen molar-refractivity contribution in [1.29, 1.82) is 0 Å². The summed E-state index contributed by atoms with van der Waals surface area (Å²) < 4.78 is 6.87. The van der Waals surface area contributed by atoms with Crippen LogP contribution in [-0.2, 0) is 16.6 Å². The van der Waals surface area contributed by atoms with Crippen LogP contribution >= 0.6 is 0 Å². The average molecular weight is 399 g/mol. The van der Waals surface area contributed by atoms with Crippen LogP contribution < -0.4 is 0 Å². The van der Waals surface area contributed by atoms with Crippen molar-refractivity contribution < 1.29 is 14.3 Å². The lowest BCUT2D eigenvalue weighted by Crippen LogP contribution is -2.44. The highest BCUT2D eigenvalue weighted by molar-refractivity contribution is 6.04. The fourth-order valence-electron chi connectivity index (χ4n) is 4.46. The number of benzene rings is 1. The second-order valence-corrected chi connectivity index (χ2v) is 7.79. The minimum absolute atomic E-state index is 0.0249. The van der Waals surface area contributed by atoms with Crippen molar-refractivity contribution in [1.82, 2.24) is 24.5 Å². The van der Waals surface area contributed by atoms with Gasteiger partial charge in [0.25, 0.3) is 5.91 Å². The summed E-state index contributed by atoms with van der Waals surface area (Å²) in [6, 6.07) is 7.75. The molecule has 0 N–H and O–H groups in total. The number of hydrogen-bond acceptors (Lipinski definition) is 5. The molecule has 2 aromatic rings. The third kappa shape index (κ3) is 3.86. The van der Waals surface area contributed by atoms with Crippen molar-refractivity contribution in [2.75, 3.05) is 53.0 Å². The number of rotatable bonds is 5. The second kappa shape index (κ2) is 8.51. The first-order chi connectivity index (χ1) is 14.1. The van der Waals surface area contributed by atoms with Crippen LogP contribution in [0.1, 0.15) is 23.3 Å². The molecule has 0 aliphatic carbocycles. The van der Waals surface area contributed by atoms with Gasteiger partial charge >= 0.3 is 0 Å². The van der Waals surface area contributed by atoms with Gasteiger partial charge < -0.3 is 14.5 Å². The summed E-state index contributed by atoms with van der Waals surface area (Å²) >= 11 is 0. The molecule has 0 saturated carbocycles. The van der Waals surface area contributed by atoms with E-state index < -0.39 is 0 Å². The topological polar surface area (TPSA) is 70.9 Å². The SMILES string of the molecule is COCCN1CCC(N2CCCN(C(=O)c3nn(C)c4ccccc34)CC2)C1=O. The van der Waals surface area contributed by atoms with E-state index in [0.29, 0.717) is 38.5 Å². The molecule has 2 fully saturated rings. The number of methoxy groups -OCH3 is 1. The molecule has 2 aliphatic heterocycles. The largest absolute Gasteiger partial charge is 0.383 e. The number of carbonyl (C=O) groups is 2. The molecular formula is C21H29N5O3. The Balaban J connectivity index is 1.42. The Hall–Kier alpha value is -2.45. The molecular weight excluding hydrogens is 370 g/mol. The molecule has 1 aromatic heterocycles. The number of aromatic nitrogens is 2. The van der Waals surface area contributed by atoms with Gasteiger partial charge in [-0.25, -0.2) is 0 Å². The Morgan fingerprint density at radius 1 is 1.17 bits per heavy atom. The van der Waals surface area contributed by atoms with Crippen LogP contribution in [0.2, 0.25) is 0 Å². The maximum atomic E-state index is 13.2. The number of aryl methyl sites for hydroxylation is 1. The fraction of sp³-hybridized carbons (Fsp3) is 0.571. The summed E-state index contributed by atoms with van der Waals surface area (Å²) in [6.07, 6.45) is 1.71. The van der Waals surface area contributed by atoms with E-state index in [4.69, 9.17) is 4.74 Å². The smallest absolute Gasteiger partial charge is 0.275 e. The number of ether oxygens (including phenoxy) is 1. The first-order valence-electron chi connectivity index (χ1n) is 10.3. The predicted octanol–water partition coefficient (Wildman–Crippen LogP) is 0.969. The second-order valence-electron chi connectivity index (χ2n) is 7.79. The fourth-order valence-corrected chi connectivity index (χ4v) is 4.46. The van der Waals surface area contributed by atoms with Gasteiger partial charge in [0.05, 0.1) is 18.2 Å². The molecule has 2 amide bonds. The Morgan fingerprint density at radius 3 is 2.83 bits per heavy atom. The van der Waals surface area contributed by atoms with Crippen molar-refractivity contribution in [3.05, 3.63) is 30.0 Å². The van der Waals surface area contributed by atoms with Gasteiger partial charge in [0.15, 0.2) is 5.69 Å². The molecule has 1 aromatic carbocycles. The number of likely N-dealkylation sites (tertiary alicyclic amines) is 1. The third-order valence-corrected chi connectivity index (χ3v) is 6.05. The zero-order valence-electron chi connectivity index (χ0n) is 17.2. The minimum atomic E-state index is -0.0717. The van der Waals surface area contributed by atoms with Crippen LogP contribution in [0.4, 0.5) is 0 Å². The summed E-state index contributed by atoms with van der Waals surface area (Å²) in [5.74, 6) is 0.167. The number of para-hydroxylation sites is 1. The van der Waals surface area contributed by atoms with Crippen molar-refractivity contribution in [3.63, 3.8) is 0 Å². The van der Waals surface area contributed by atoms with Gasteiger partial charge in [-0.05, 0) is 18.9 Å². The molecule has 8 heteroatoms. The molecule has 0 spiro atoms. The maximum absolute atomic E-state index is 13.2. The number of carbonyl (C=O) groups excluding carboxylic acids is 2. The number of amides is 2. The van der Waals surface area contributed by atoms with Crippen LogP contribution in [0.3, 0.4) is 0 Å². The van der Waals surface area contributed by atoms with Crippen molar-refractivity contribution >= 4 is 22.7 Å². The summed E-state index contributed by atoms with van der Waals surface area (Å²) in [5, 5.41) is 5.37. The highest BCUT2D eigenvalue weighted by Gasteiger charge is 2.36. The standard InChI is InChI=1S/C21H29N5O3/c1-23-17-7-4-3-6-16(17)19(22-23)21(28)25-10-5-9-24(12-13-25)18-8-11-26(20(18)27)14-15-29-2/h3-4,6-7,18H,5,8-15H2,1-2H3. The lowest BCUT2D eigenvalue weighted by atomic mass is 10.2. The number of hydrogen-bond donors (Lipinski definition) is 0. The minimum Gasteiger partial charge on any atom is -0.383 e. The van der Waals surface area contributed by atoms with Gasteiger partial charge in [-0.15, -0.1) is 0 Å². The van der Waals surface area contributed by atoms with E-state index in [0.717, 1.165) is 36.8 Å². The molecule has 2 aliphatic rings. The Labute approximate surface area is 171 Å². The van der Waals surface area contributed by atoms with E-state index in [1.807, 2.05) is 41.1 Å². The molecule has 2 saturated heterocycles. The summed E-state index contributed by atoms with van der Waals surface area (Å²) in [4.78, 5) is 32.0. The Bertz CT molecular complexity index is 896. The Morgan fingerprint density at radius 2 is 2.00 bits per heavy atom. The van der Waals surface area contributed by atoms with E-state index in [9.17, 15) is 9.59 Å². The molecule has 1 atom stereocenters. The van der Waals surface area contributed by atoms with Crippen LogP contribution in [0, 0.1) is 0 Å². The van der Waals surface area contributed by atoms with Crippen LogP contribution in [-0.4, -0.2) is 95.3 Å². The van der Waals surface area contributed by atoms with E-state index in [1.165, 1.54) is 0 Å². The molecule has 1 unspecified atom stereocenters. The van der Waals surface area contributed by atoms with Crippen LogP contribution in [0.15, 0.2) is 24.3 Å². The number of fused-ring (bicyclic) bond motifs is 1. The average Bonchev–Trinajstić information content (AvgIpc) is 3.15. The van der Waals surface area contributed by atoms with Crippen LogP contribution in [0.5, 0.6) is 0 Å². The van der Waals surface area contributed by atoms with Gasteiger partial charge in [-0.1, -0.05) is 18.2 Å². The summed E-state index contributed by atoms with van der Waals surface area (Å²) in [7, 11) is 3.52.